The lowest BCUT2D eigenvalue weighted by molar-refractivity contribution is -0.150. The van der Waals surface area contributed by atoms with E-state index in [-0.39, 0.29) is 18.0 Å². The molecule has 0 aromatic rings. The minimum absolute atomic E-state index is 0.00466. The Balaban J connectivity index is 4.04. The third-order valence-corrected chi connectivity index (χ3v) is 11.0. The second-order valence-corrected chi connectivity index (χ2v) is 16.3. The topological polar surface area (TPSA) is 55.8 Å². The van der Waals surface area contributed by atoms with Gasteiger partial charge < -0.3 is 14.4 Å². The molecular formula is C47H93NO4. The first kappa shape index (κ1) is 50.9. The summed E-state index contributed by atoms with van der Waals surface area (Å²) in [5.41, 5.74) is 0. The van der Waals surface area contributed by atoms with Crippen LogP contribution in [0.2, 0.25) is 0 Å². The van der Waals surface area contributed by atoms with E-state index in [0.717, 1.165) is 50.9 Å². The number of hydrogen-bond acceptors (Lipinski definition) is 5. The minimum atomic E-state index is 0.00466. The Labute approximate surface area is 326 Å². The molecule has 0 amide bonds. The molecule has 0 heterocycles. The van der Waals surface area contributed by atoms with Crippen LogP contribution in [0.4, 0.5) is 0 Å². The quantitative estimate of drug-likeness (QED) is 0.0461. The van der Waals surface area contributed by atoms with Crippen LogP contribution in [-0.2, 0) is 19.1 Å². The van der Waals surface area contributed by atoms with E-state index in [1.54, 1.807) is 0 Å². The maximum absolute atomic E-state index is 12.7. The van der Waals surface area contributed by atoms with Crippen LogP contribution in [-0.4, -0.2) is 49.2 Å². The molecule has 0 unspecified atom stereocenters. The molecule has 310 valence electrons. The Morgan fingerprint density at radius 1 is 0.404 bits per heavy atom. The molecule has 5 nitrogen and oxygen atoms in total. The van der Waals surface area contributed by atoms with Crippen molar-refractivity contribution in [1.82, 2.24) is 4.90 Å². The number of nitrogens with zero attached hydrogens (tertiary/aromatic N) is 1. The van der Waals surface area contributed by atoms with Crippen LogP contribution in [0.3, 0.4) is 0 Å². The van der Waals surface area contributed by atoms with Crippen LogP contribution < -0.4 is 0 Å². The standard InChI is InChI=1S/C47H93NO4/c1-6-11-15-17-21-27-35-45(36-28-22-18-16-12-7-2)52-47(50)38-30-24-20-26-32-42-48(40-10-5)41-31-25-19-23-29-37-46(49)51-43-39-44(33-13-8-3)34-14-9-4/h44-45H,6-43H2,1-5H3. The molecule has 0 spiro atoms. The average molecular weight is 736 g/mol. The zero-order chi connectivity index (χ0) is 38.2. The Bertz CT molecular complexity index is 719. The lowest BCUT2D eigenvalue weighted by Gasteiger charge is -2.21. The van der Waals surface area contributed by atoms with Crippen molar-refractivity contribution in [2.24, 2.45) is 5.92 Å². The molecule has 0 N–H and O–H groups in total. The Hall–Kier alpha value is -1.10. The summed E-state index contributed by atoms with van der Waals surface area (Å²) in [5, 5.41) is 0. The summed E-state index contributed by atoms with van der Waals surface area (Å²) in [6.45, 7) is 15.5. The lowest BCUT2D eigenvalue weighted by atomic mass is 9.93. The van der Waals surface area contributed by atoms with Gasteiger partial charge in [-0.15, -0.1) is 0 Å². The van der Waals surface area contributed by atoms with Gasteiger partial charge in [0.2, 0.25) is 0 Å². The van der Waals surface area contributed by atoms with Crippen molar-refractivity contribution in [3.63, 3.8) is 0 Å². The zero-order valence-electron chi connectivity index (χ0n) is 36.1. The van der Waals surface area contributed by atoms with Gasteiger partial charge in [-0.1, -0.05) is 176 Å². The third-order valence-electron chi connectivity index (χ3n) is 11.0. The first-order valence-corrected chi connectivity index (χ1v) is 23.6. The number of esters is 2. The van der Waals surface area contributed by atoms with Gasteiger partial charge in [0.25, 0.3) is 0 Å². The average Bonchev–Trinajstić information content (AvgIpc) is 3.14. The molecule has 0 radical (unpaired) electrons. The van der Waals surface area contributed by atoms with E-state index in [4.69, 9.17) is 9.47 Å². The van der Waals surface area contributed by atoms with Crippen molar-refractivity contribution in [3.05, 3.63) is 0 Å². The van der Waals surface area contributed by atoms with E-state index in [1.807, 2.05) is 0 Å². The van der Waals surface area contributed by atoms with Gasteiger partial charge in [-0.05, 0) is 89.8 Å². The summed E-state index contributed by atoms with van der Waals surface area (Å²) in [5.74, 6) is 0.768. The van der Waals surface area contributed by atoms with E-state index in [2.05, 4.69) is 39.5 Å². The zero-order valence-corrected chi connectivity index (χ0v) is 36.1. The predicted octanol–water partition coefficient (Wildman–Crippen LogP) is 14.7. The number of ether oxygens (including phenoxy) is 2. The SMILES string of the molecule is CCCCCCCCC(CCCCCCCC)OC(=O)CCCCCCCN(CCC)CCCCCCCC(=O)OCCC(CCCC)CCCC. The maximum Gasteiger partial charge on any atom is 0.306 e. The van der Waals surface area contributed by atoms with Gasteiger partial charge in [0.1, 0.15) is 6.10 Å². The molecule has 0 saturated carbocycles. The van der Waals surface area contributed by atoms with E-state index < -0.39 is 0 Å². The molecule has 0 aromatic carbocycles. The summed E-state index contributed by atoms with van der Waals surface area (Å²) in [6.07, 6.45) is 40.5. The second kappa shape index (κ2) is 41.1. The molecule has 0 atom stereocenters. The van der Waals surface area contributed by atoms with Gasteiger partial charge in [-0.25, -0.2) is 0 Å². The van der Waals surface area contributed by atoms with E-state index >= 15 is 0 Å². The molecule has 0 aromatic heterocycles. The summed E-state index contributed by atoms with van der Waals surface area (Å²) >= 11 is 0. The molecule has 52 heavy (non-hydrogen) atoms. The summed E-state index contributed by atoms with van der Waals surface area (Å²) in [6, 6.07) is 0. The first-order valence-electron chi connectivity index (χ1n) is 23.6. The van der Waals surface area contributed by atoms with E-state index in [1.165, 1.54) is 180 Å². The van der Waals surface area contributed by atoms with Gasteiger partial charge in [0.15, 0.2) is 0 Å². The summed E-state index contributed by atoms with van der Waals surface area (Å²) < 4.78 is 11.6. The Kier molecular flexibility index (Phi) is 40.2. The highest BCUT2D eigenvalue weighted by Crippen LogP contribution is 2.21. The smallest absolute Gasteiger partial charge is 0.306 e. The molecule has 0 rings (SSSR count). The first-order chi connectivity index (χ1) is 25.5. The van der Waals surface area contributed by atoms with Gasteiger partial charge in [0.05, 0.1) is 6.61 Å². The fourth-order valence-electron chi connectivity index (χ4n) is 7.56. The maximum atomic E-state index is 12.7. The number of carbonyl (C=O) groups excluding carboxylic acids is 2. The van der Waals surface area contributed by atoms with Crippen molar-refractivity contribution in [2.45, 2.75) is 259 Å². The number of rotatable bonds is 42. The van der Waals surface area contributed by atoms with Crippen LogP contribution in [0.25, 0.3) is 0 Å². The Morgan fingerprint density at radius 2 is 0.827 bits per heavy atom. The van der Waals surface area contributed by atoms with Crippen LogP contribution in [0, 0.1) is 5.92 Å². The summed E-state index contributed by atoms with van der Waals surface area (Å²) in [7, 11) is 0. The monoisotopic (exact) mass is 736 g/mol. The molecule has 0 aliphatic rings. The van der Waals surface area contributed by atoms with Gasteiger partial charge in [-0.3, -0.25) is 9.59 Å². The summed E-state index contributed by atoms with van der Waals surface area (Å²) in [4.78, 5) is 27.6. The molecule has 0 saturated heterocycles. The number of unbranched alkanes of at least 4 members (excludes halogenated alkanes) is 20. The predicted molar refractivity (Wildman–Crippen MR) is 226 cm³/mol. The second-order valence-electron chi connectivity index (χ2n) is 16.3. The largest absolute Gasteiger partial charge is 0.466 e. The van der Waals surface area contributed by atoms with Crippen LogP contribution >= 0.6 is 0 Å². The third kappa shape index (κ3) is 35.9. The van der Waals surface area contributed by atoms with Gasteiger partial charge in [0, 0.05) is 12.8 Å². The highest BCUT2D eigenvalue weighted by molar-refractivity contribution is 5.69. The van der Waals surface area contributed by atoms with Crippen molar-refractivity contribution < 1.29 is 19.1 Å². The Morgan fingerprint density at radius 3 is 1.31 bits per heavy atom. The number of hydrogen-bond donors (Lipinski definition) is 0. The van der Waals surface area contributed by atoms with Gasteiger partial charge >= 0.3 is 11.9 Å². The molecule has 5 heteroatoms. The lowest BCUT2D eigenvalue weighted by Crippen LogP contribution is -2.27. The molecule has 0 bridgehead atoms. The van der Waals surface area contributed by atoms with Crippen molar-refractivity contribution in [1.29, 1.82) is 0 Å². The molecule has 0 aliphatic heterocycles. The normalized spacial score (nSPS) is 11.7. The molecular weight excluding hydrogens is 643 g/mol. The highest BCUT2D eigenvalue weighted by Gasteiger charge is 2.15. The van der Waals surface area contributed by atoms with Crippen LogP contribution in [0.5, 0.6) is 0 Å². The van der Waals surface area contributed by atoms with Crippen molar-refractivity contribution in [3.8, 4) is 0 Å². The van der Waals surface area contributed by atoms with Crippen molar-refractivity contribution in [2.75, 3.05) is 26.2 Å². The van der Waals surface area contributed by atoms with E-state index in [0.29, 0.717) is 19.4 Å². The number of carbonyl (C=O) groups is 2. The fraction of sp³-hybridized carbons (Fsp3) is 0.957. The van der Waals surface area contributed by atoms with E-state index in [9.17, 15) is 9.59 Å². The minimum Gasteiger partial charge on any atom is -0.466 e. The van der Waals surface area contributed by atoms with Crippen LogP contribution in [0.1, 0.15) is 253 Å². The molecule has 0 aliphatic carbocycles. The molecule has 0 fully saturated rings. The highest BCUT2D eigenvalue weighted by atomic mass is 16.5. The van der Waals surface area contributed by atoms with Crippen LogP contribution in [0.15, 0.2) is 0 Å². The fourth-order valence-corrected chi connectivity index (χ4v) is 7.56. The van der Waals surface area contributed by atoms with Crippen molar-refractivity contribution >= 4 is 11.9 Å². The van der Waals surface area contributed by atoms with Gasteiger partial charge in [-0.2, -0.15) is 0 Å².